The highest BCUT2D eigenvalue weighted by Crippen LogP contribution is 2.33. The number of ether oxygens (including phenoxy) is 1. The lowest BCUT2D eigenvalue weighted by Crippen LogP contribution is -2.19. The van der Waals surface area contributed by atoms with Crippen LogP contribution in [0.2, 0.25) is 0 Å². The molecule has 8 nitrogen and oxygen atoms in total. The average molecular weight is 296 g/mol. The zero-order valence-corrected chi connectivity index (χ0v) is 12.3. The maximum Gasteiger partial charge on any atom is 0.344 e. The molecule has 0 bridgehead atoms. The monoisotopic (exact) mass is 296 g/mol. The molecule has 2 aromatic rings. The lowest BCUT2D eigenvalue weighted by atomic mass is 10.4. The summed E-state index contributed by atoms with van der Waals surface area (Å²) in [6, 6.07) is -0.0156. The molecule has 2 aromatic heterocycles. The van der Waals surface area contributed by atoms with Gasteiger partial charge in [-0.2, -0.15) is 4.98 Å². The van der Waals surface area contributed by atoms with E-state index in [2.05, 4.69) is 20.2 Å². The lowest BCUT2D eigenvalue weighted by Gasteiger charge is -2.10. The van der Waals surface area contributed by atoms with Crippen LogP contribution in [0.3, 0.4) is 0 Å². The first-order valence-electron chi connectivity index (χ1n) is 6.12. The summed E-state index contributed by atoms with van der Waals surface area (Å²) in [4.78, 5) is 19.7. The van der Waals surface area contributed by atoms with E-state index in [1.807, 2.05) is 20.8 Å². The van der Waals surface area contributed by atoms with Gasteiger partial charge < -0.3 is 10.5 Å². The molecule has 0 aromatic carbocycles. The van der Waals surface area contributed by atoms with Crippen molar-refractivity contribution in [1.29, 1.82) is 0 Å². The van der Waals surface area contributed by atoms with Gasteiger partial charge in [0.15, 0.2) is 5.16 Å². The molecule has 0 radical (unpaired) electrons. The van der Waals surface area contributed by atoms with Crippen molar-refractivity contribution in [2.24, 2.45) is 0 Å². The van der Waals surface area contributed by atoms with E-state index in [1.165, 1.54) is 22.7 Å². The highest BCUT2D eigenvalue weighted by Gasteiger charge is 2.17. The number of hydrogen-bond donors (Lipinski definition) is 2. The fourth-order valence-corrected chi connectivity index (χ4v) is 2.55. The smallest absolute Gasteiger partial charge is 0.344 e. The number of anilines is 1. The largest absolute Gasteiger partial charge is 0.476 e. The van der Waals surface area contributed by atoms with E-state index in [4.69, 9.17) is 10.5 Å². The van der Waals surface area contributed by atoms with E-state index in [0.29, 0.717) is 28.4 Å². The van der Waals surface area contributed by atoms with Crippen LogP contribution in [0.25, 0.3) is 0 Å². The van der Waals surface area contributed by atoms with Crippen molar-refractivity contribution in [2.75, 3.05) is 12.3 Å². The van der Waals surface area contributed by atoms with Crippen LogP contribution in [0.1, 0.15) is 26.8 Å². The summed E-state index contributed by atoms with van der Waals surface area (Å²) in [5.74, 6) is 0.332. The van der Waals surface area contributed by atoms with E-state index in [1.54, 1.807) is 0 Å². The predicted octanol–water partition coefficient (Wildman–Crippen LogP) is 1.07. The van der Waals surface area contributed by atoms with Gasteiger partial charge in [-0.3, -0.25) is 4.57 Å². The first kappa shape index (κ1) is 14.4. The third-order valence-electron chi connectivity index (χ3n) is 2.47. The molecule has 2 rings (SSSR count). The van der Waals surface area contributed by atoms with Crippen molar-refractivity contribution in [2.45, 2.75) is 37.0 Å². The molecule has 0 spiro atoms. The highest BCUT2D eigenvalue weighted by molar-refractivity contribution is 7.99. The van der Waals surface area contributed by atoms with Crippen molar-refractivity contribution in [1.82, 2.24) is 24.7 Å². The molecule has 9 heteroatoms. The highest BCUT2D eigenvalue weighted by atomic mass is 32.2. The Labute approximate surface area is 119 Å². The summed E-state index contributed by atoms with van der Waals surface area (Å²) in [5, 5.41) is 7.40. The van der Waals surface area contributed by atoms with Gasteiger partial charge >= 0.3 is 5.69 Å². The van der Waals surface area contributed by atoms with Gasteiger partial charge in [0.25, 0.3) is 0 Å². The molecule has 0 aliphatic carbocycles. The summed E-state index contributed by atoms with van der Waals surface area (Å²) in [6.07, 6.45) is 1.37. The SMILES string of the molecule is CCOc1ncnc(Sc2n[nH]c(=O)n2C(C)C)c1N. The van der Waals surface area contributed by atoms with Crippen LogP contribution >= 0.6 is 11.8 Å². The summed E-state index contributed by atoms with van der Waals surface area (Å²) in [7, 11) is 0. The van der Waals surface area contributed by atoms with Crippen LogP contribution in [0, 0.1) is 0 Å². The Kier molecular flexibility index (Phi) is 4.28. The van der Waals surface area contributed by atoms with Gasteiger partial charge in [0.05, 0.1) is 6.61 Å². The molecule has 20 heavy (non-hydrogen) atoms. The zero-order valence-electron chi connectivity index (χ0n) is 11.5. The van der Waals surface area contributed by atoms with Gasteiger partial charge in [0.2, 0.25) is 5.88 Å². The van der Waals surface area contributed by atoms with Gasteiger partial charge in [-0.15, -0.1) is 5.10 Å². The molecule has 3 N–H and O–H groups in total. The molecule has 0 saturated heterocycles. The lowest BCUT2D eigenvalue weighted by molar-refractivity contribution is 0.327. The summed E-state index contributed by atoms with van der Waals surface area (Å²) < 4.78 is 6.85. The van der Waals surface area contributed by atoms with E-state index in [0.717, 1.165) is 0 Å². The minimum absolute atomic E-state index is 0.0156. The van der Waals surface area contributed by atoms with Crippen LogP contribution in [0.5, 0.6) is 5.88 Å². The Balaban J connectivity index is 2.36. The van der Waals surface area contributed by atoms with Crippen molar-refractivity contribution in [3.8, 4) is 5.88 Å². The van der Waals surface area contributed by atoms with Crippen molar-refractivity contribution < 1.29 is 4.74 Å². The average Bonchev–Trinajstić information content (AvgIpc) is 2.76. The van der Waals surface area contributed by atoms with Crippen LogP contribution in [0.15, 0.2) is 21.3 Å². The van der Waals surface area contributed by atoms with E-state index in [-0.39, 0.29) is 11.7 Å². The first-order chi connectivity index (χ1) is 9.54. The molecule has 0 unspecified atom stereocenters. The number of H-pyrrole nitrogens is 1. The fraction of sp³-hybridized carbons (Fsp3) is 0.455. The normalized spacial score (nSPS) is 11.0. The molecular weight excluding hydrogens is 280 g/mol. The fourth-order valence-electron chi connectivity index (χ4n) is 1.60. The Morgan fingerprint density at radius 1 is 1.50 bits per heavy atom. The van der Waals surface area contributed by atoms with Gasteiger partial charge in [0, 0.05) is 6.04 Å². The first-order valence-corrected chi connectivity index (χ1v) is 6.94. The van der Waals surface area contributed by atoms with Crippen molar-refractivity contribution in [3.63, 3.8) is 0 Å². The van der Waals surface area contributed by atoms with Crippen LogP contribution in [-0.2, 0) is 0 Å². The quantitative estimate of drug-likeness (QED) is 0.794. The number of nitrogens with zero attached hydrogens (tertiary/aromatic N) is 4. The van der Waals surface area contributed by atoms with E-state index >= 15 is 0 Å². The number of nitrogens with two attached hydrogens (primary N) is 1. The number of hydrogen-bond acceptors (Lipinski definition) is 7. The molecule has 0 amide bonds. The minimum atomic E-state index is -0.264. The second-order valence-corrected chi connectivity index (χ2v) is 5.16. The third-order valence-corrected chi connectivity index (χ3v) is 3.46. The molecule has 2 heterocycles. The van der Waals surface area contributed by atoms with Crippen LogP contribution < -0.4 is 16.2 Å². The van der Waals surface area contributed by atoms with Crippen molar-refractivity contribution in [3.05, 3.63) is 16.8 Å². The Bertz CT molecular complexity index is 651. The van der Waals surface area contributed by atoms with E-state index in [9.17, 15) is 4.79 Å². The standard InChI is InChI=1S/C11H16N6O2S/c1-4-19-8-7(12)9(14-5-13-8)20-11-16-15-10(18)17(11)6(2)3/h5-6H,4,12H2,1-3H3,(H,15,18). The van der Waals surface area contributed by atoms with Gasteiger partial charge in [-0.05, 0) is 32.5 Å². The Morgan fingerprint density at radius 3 is 2.90 bits per heavy atom. The van der Waals surface area contributed by atoms with Gasteiger partial charge in [-0.1, -0.05) is 0 Å². The van der Waals surface area contributed by atoms with Crippen LogP contribution in [-0.4, -0.2) is 31.3 Å². The third kappa shape index (κ3) is 2.77. The molecule has 0 aliphatic rings. The number of rotatable bonds is 5. The second kappa shape index (κ2) is 5.95. The molecule has 0 saturated carbocycles. The molecular formula is C11H16N6O2S. The minimum Gasteiger partial charge on any atom is -0.476 e. The molecule has 0 aliphatic heterocycles. The van der Waals surface area contributed by atoms with Gasteiger partial charge in [-0.25, -0.2) is 14.9 Å². The second-order valence-electron chi connectivity index (χ2n) is 4.21. The molecule has 0 atom stereocenters. The predicted molar refractivity (Wildman–Crippen MR) is 75.0 cm³/mol. The zero-order chi connectivity index (χ0) is 14.7. The molecule has 108 valence electrons. The van der Waals surface area contributed by atoms with Crippen molar-refractivity contribution >= 4 is 17.4 Å². The Morgan fingerprint density at radius 2 is 2.25 bits per heavy atom. The van der Waals surface area contributed by atoms with E-state index < -0.39 is 0 Å². The van der Waals surface area contributed by atoms with Crippen LogP contribution in [0.4, 0.5) is 5.69 Å². The number of nitrogens with one attached hydrogen (secondary N) is 1. The number of aromatic nitrogens is 5. The summed E-state index contributed by atoms with van der Waals surface area (Å²) in [6.45, 7) is 6.11. The topological polar surface area (TPSA) is 112 Å². The number of aromatic amines is 1. The summed E-state index contributed by atoms with van der Waals surface area (Å²) >= 11 is 1.19. The molecule has 0 fully saturated rings. The maximum absolute atomic E-state index is 11.7. The maximum atomic E-state index is 11.7. The summed E-state index contributed by atoms with van der Waals surface area (Å²) in [5.41, 5.74) is 6.03. The Hall–Kier alpha value is -2.03. The number of nitrogen functional groups attached to an aromatic ring is 1. The van der Waals surface area contributed by atoms with Gasteiger partial charge in [0.1, 0.15) is 17.0 Å².